The molecule has 2 unspecified atom stereocenters. The molecule has 0 bridgehead atoms. The quantitative estimate of drug-likeness (QED) is 0.736. The van der Waals surface area contributed by atoms with Crippen LogP contribution in [0.25, 0.3) is 0 Å². The van der Waals surface area contributed by atoms with Crippen molar-refractivity contribution in [3.63, 3.8) is 0 Å². The first-order chi connectivity index (χ1) is 13.7. The van der Waals surface area contributed by atoms with E-state index in [4.69, 9.17) is 9.72 Å². The first-order valence-corrected chi connectivity index (χ1v) is 10.9. The minimum atomic E-state index is -0.393. The van der Waals surface area contributed by atoms with E-state index >= 15 is 0 Å². The highest BCUT2D eigenvalue weighted by Gasteiger charge is 2.43. The topological polar surface area (TPSA) is 54.4 Å². The Bertz CT molecular complexity index is 928. The zero-order chi connectivity index (χ0) is 20.9. The molecular formula is C25H34N2O2. The molecule has 1 aliphatic heterocycles. The molecule has 4 nitrogen and oxygen atoms in total. The van der Waals surface area contributed by atoms with E-state index in [1.807, 2.05) is 13.8 Å². The molecule has 29 heavy (non-hydrogen) atoms. The molecular weight excluding hydrogens is 360 g/mol. The molecule has 4 heteroatoms. The van der Waals surface area contributed by atoms with Crippen LogP contribution in [0.1, 0.15) is 71.4 Å². The van der Waals surface area contributed by atoms with Gasteiger partial charge in [0.2, 0.25) is 0 Å². The van der Waals surface area contributed by atoms with Gasteiger partial charge in [0, 0.05) is 11.3 Å². The highest BCUT2D eigenvalue weighted by molar-refractivity contribution is 5.58. The molecule has 0 spiro atoms. The average molecular weight is 395 g/mol. The summed E-state index contributed by atoms with van der Waals surface area (Å²) in [6.07, 6.45) is 4.42. The number of hydrogen-bond donors (Lipinski definition) is 2. The number of aromatic hydroxyl groups is 1. The summed E-state index contributed by atoms with van der Waals surface area (Å²) in [5.74, 6) is 2.15. The molecule has 1 saturated carbocycles. The van der Waals surface area contributed by atoms with Crippen LogP contribution in [0.15, 0.2) is 12.1 Å². The van der Waals surface area contributed by atoms with Gasteiger partial charge in [-0.3, -0.25) is 4.98 Å². The molecule has 0 amide bonds. The predicted molar refractivity (Wildman–Crippen MR) is 117 cm³/mol. The Kier molecular flexibility index (Phi) is 5.10. The van der Waals surface area contributed by atoms with Gasteiger partial charge in [-0.15, -0.1) is 0 Å². The standard InChI is InChI=1S/C25H34N2O2/c1-14-11-15(2)27-21(12-14)24(26-13-19-7-8-19)25(6)10-9-20-18(5)22(28)16(3)17(4)23(20)29-25/h11-12,19,24,26,28H,7-10,13H2,1-6H3. The predicted octanol–water partition coefficient (Wildman–Crippen LogP) is 5.15. The fourth-order valence-corrected chi connectivity index (χ4v) is 4.73. The Hall–Kier alpha value is -2.07. The van der Waals surface area contributed by atoms with Crippen LogP contribution in [0, 0.1) is 40.5 Å². The van der Waals surface area contributed by atoms with Gasteiger partial charge >= 0.3 is 0 Å². The molecule has 0 radical (unpaired) electrons. The Balaban J connectivity index is 1.74. The van der Waals surface area contributed by atoms with Gasteiger partial charge in [0.25, 0.3) is 0 Å². The maximum absolute atomic E-state index is 10.5. The lowest BCUT2D eigenvalue weighted by molar-refractivity contribution is 0.0217. The van der Waals surface area contributed by atoms with E-state index in [1.54, 1.807) is 0 Å². The summed E-state index contributed by atoms with van der Waals surface area (Å²) >= 11 is 0. The summed E-state index contributed by atoms with van der Waals surface area (Å²) < 4.78 is 6.80. The van der Waals surface area contributed by atoms with Crippen molar-refractivity contribution < 1.29 is 9.84 Å². The Morgan fingerprint density at radius 2 is 1.86 bits per heavy atom. The van der Waals surface area contributed by atoms with Crippen LogP contribution >= 0.6 is 0 Å². The molecule has 2 atom stereocenters. The Morgan fingerprint density at radius 1 is 1.14 bits per heavy atom. The largest absolute Gasteiger partial charge is 0.507 e. The van der Waals surface area contributed by atoms with E-state index in [0.717, 1.165) is 64.7 Å². The molecule has 4 rings (SSSR count). The molecule has 1 aromatic heterocycles. The highest BCUT2D eigenvalue weighted by Crippen LogP contribution is 2.46. The lowest BCUT2D eigenvalue weighted by Crippen LogP contribution is -2.49. The van der Waals surface area contributed by atoms with Gasteiger partial charge in [-0.1, -0.05) is 0 Å². The number of ether oxygens (including phenoxy) is 1. The smallest absolute Gasteiger partial charge is 0.127 e. The van der Waals surface area contributed by atoms with E-state index in [9.17, 15) is 5.11 Å². The number of aromatic nitrogens is 1. The fraction of sp³-hybridized carbons (Fsp3) is 0.560. The van der Waals surface area contributed by atoms with E-state index in [0.29, 0.717) is 5.75 Å². The van der Waals surface area contributed by atoms with Crippen LogP contribution in [0.5, 0.6) is 11.5 Å². The number of rotatable bonds is 5. The molecule has 1 fully saturated rings. The second kappa shape index (κ2) is 7.32. The minimum Gasteiger partial charge on any atom is -0.507 e. The summed E-state index contributed by atoms with van der Waals surface area (Å²) in [5.41, 5.74) is 7.02. The van der Waals surface area contributed by atoms with Gasteiger partial charge in [-0.2, -0.15) is 0 Å². The van der Waals surface area contributed by atoms with Gasteiger partial charge in [0.15, 0.2) is 0 Å². The average Bonchev–Trinajstić information content (AvgIpc) is 3.48. The van der Waals surface area contributed by atoms with Gasteiger partial charge in [0.05, 0.1) is 11.7 Å². The van der Waals surface area contributed by atoms with Crippen molar-refractivity contribution in [2.45, 2.75) is 78.9 Å². The van der Waals surface area contributed by atoms with Crippen LogP contribution in [0.3, 0.4) is 0 Å². The fourth-order valence-electron chi connectivity index (χ4n) is 4.73. The number of fused-ring (bicyclic) bond motifs is 1. The monoisotopic (exact) mass is 394 g/mol. The van der Waals surface area contributed by atoms with Gasteiger partial charge in [-0.05, 0) is 114 Å². The third-order valence-electron chi connectivity index (χ3n) is 6.88. The number of phenols is 1. The van der Waals surface area contributed by atoms with Crippen molar-refractivity contribution in [3.05, 3.63) is 51.3 Å². The van der Waals surface area contributed by atoms with Crippen LogP contribution in [-0.2, 0) is 6.42 Å². The number of nitrogens with zero attached hydrogens (tertiary/aromatic N) is 1. The number of aryl methyl sites for hydroxylation is 2. The number of hydrogen-bond acceptors (Lipinski definition) is 4. The molecule has 0 saturated heterocycles. The Morgan fingerprint density at radius 3 is 2.52 bits per heavy atom. The molecule has 1 aliphatic carbocycles. The molecule has 2 N–H and O–H groups in total. The van der Waals surface area contributed by atoms with Gasteiger partial charge in [-0.25, -0.2) is 0 Å². The summed E-state index contributed by atoms with van der Waals surface area (Å²) in [6.45, 7) is 13.5. The summed E-state index contributed by atoms with van der Waals surface area (Å²) in [6, 6.07) is 4.35. The third kappa shape index (κ3) is 3.75. The van der Waals surface area contributed by atoms with E-state index in [-0.39, 0.29) is 6.04 Å². The van der Waals surface area contributed by atoms with Gasteiger partial charge < -0.3 is 15.2 Å². The number of benzene rings is 1. The first-order valence-electron chi connectivity index (χ1n) is 10.9. The van der Waals surface area contributed by atoms with Gasteiger partial charge in [0.1, 0.15) is 17.1 Å². The number of phenolic OH excluding ortho intramolecular Hbond substituents is 1. The second-order valence-corrected chi connectivity index (χ2v) is 9.44. The van der Waals surface area contributed by atoms with Crippen LogP contribution < -0.4 is 10.1 Å². The minimum absolute atomic E-state index is 0.0312. The normalized spacial score (nSPS) is 22.1. The molecule has 2 aliphatic rings. The van der Waals surface area contributed by atoms with Crippen molar-refractivity contribution >= 4 is 0 Å². The molecule has 1 aromatic carbocycles. The van der Waals surface area contributed by atoms with E-state index in [1.165, 1.54) is 18.4 Å². The van der Waals surface area contributed by atoms with Crippen molar-refractivity contribution in [1.82, 2.24) is 10.3 Å². The van der Waals surface area contributed by atoms with E-state index < -0.39 is 5.60 Å². The first kappa shape index (κ1) is 20.2. The lowest BCUT2D eigenvalue weighted by Gasteiger charge is -2.43. The Labute approximate surface area is 174 Å². The molecule has 156 valence electrons. The van der Waals surface area contributed by atoms with Crippen molar-refractivity contribution in [3.8, 4) is 11.5 Å². The van der Waals surface area contributed by atoms with Crippen LogP contribution in [0.4, 0.5) is 0 Å². The zero-order valence-electron chi connectivity index (χ0n) is 18.6. The summed E-state index contributed by atoms with van der Waals surface area (Å²) in [7, 11) is 0. The van der Waals surface area contributed by atoms with Crippen molar-refractivity contribution in [2.24, 2.45) is 5.92 Å². The molecule has 2 aromatic rings. The molecule has 2 heterocycles. The third-order valence-corrected chi connectivity index (χ3v) is 6.88. The highest BCUT2D eigenvalue weighted by atomic mass is 16.5. The van der Waals surface area contributed by atoms with Crippen molar-refractivity contribution in [1.29, 1.82) is 0 Å². The lowest BCUT2D eigenvalue weighted by atomic mass is 9.81. The summed E-state index contributed by atoms with van der Waals surface area (Å²) in [5, 5.41) is 14.3. The SMILES string of the molecule is Cc1cc(C)nc(C(NCC2CC2)C2(C)CCc3c(C)c(O)c(C)c(C)c3O2)c1. The van der Waals surface area contributed by atoms with Crippen LogP contribution in [0.2, 0.25) is 0 Å². The number of pyridine rings is 1. The van der Waals surface area contributed by atoms with Crippen LogP contribution in [-0.4, -0.2) is 22.2 Å². The zero-order valence-corrected chi connectivity index (χ0v) is 18.6. The summed E-state index contributed by atoms with van der Waals surface area (Å²) in [4.78, 5) is 4.90. The number of nitrogens with one attached hydrogen (secondary N) is 1. The maximum Gasteiger partial charge on any atom is 0.127 e. The van der Waals surface area contributed by atoms with E-state index in [2.05, 4.69) is 45.1 Å². The maximum atomic E-state index is 10.5. The second-order valence-electron chi connectivity index (χ2n) is 9.44. The van der Waals surface area contributed by atoms with Crippen molar-refractivity contribution in [2.75, 3.05) is 6.54 Å².